The first-order valence-corrected chi connectivity index (χ1v) is 7.77. The Morgan fingerprint density at radius 1 is 1.04 bits per heavy atom. The molecule has 3 rings (SSSR count). The Morgan fingerprint density at radius 2 is 1.80 bits per heavy atom. The number of hydrogen-bond donors (Lipinski definition) is 0. The van der Waals surface area contributed by atoms with Gasteiger partial charge in [0.05, 0.1) is 16.8 Å². The second-order valence-electron chi connectivity index (χ2n) is 5.62. The van der Waals surface area contributed by atoms with Crippen LogP contribution in [0.4, 0.5) is 0 Å². The van der Waals surface area contributed by atoms with E-state index in [4.69, 9.17) is 18.5 Å². The number of carbonyl (C=O) groups excluding carboxylic acids is 1. The molecule has 1 aromatic carbocycles. The van der Waals surface area contributed by atoms with Crippen LogP contribution in [0.1, 0.15) is 38.8 Å². The first-order valence-electron chi connectivity index (χ1n) is 7.77. The smallest absolute Gasteiger partial charge is 0.338 e. The molecular formula is C18H18N2O5. The van der Waals surface area contributed by atoms with E-state index in [1.54, 1.807) is 37.3 Å². The highest BCUT2D eigenvalue weighted by Crippen LogP contribution is 2.18. The van der Waals surface area contributed by atoms with E-state index in [1.807, 2.05) is 13.8 Å². The Morgan fingerprint density at radius 3 is 2.40 bits per heavy atom. The minimum atomic E-state index is -0.432. The Hall–Kier alpha value is -3.09. The van der Waals surface area contributed by atoms with Crippen molar-refractivity contribution >= 4 is 5.97 Å². The lowest BCUT2D eigenvalue weighted by Gasteiger charge is -2.07. The summed E-state index contributed by atoms with van der Waals surface area (Å²) in [6, 6.07) is 8.46. The number of ether oxygens (including phenoxy) is 2. The van der Waals surface area contributed by atoms with Crippen molar-refractivity contribution in [1.29, 1.82) is 0 Å². The molecule has 7 nitrogen and oxygen atoms in total. The number of esters is 1. The molecular weight excluding hydrogens is 324 g/mol. The van der Waals surface area contributed by atoms with Crippen LogP contribution in [0.25, 0.3) is 0 Å². The van der Waals surface area contributed by atoms with Gasteiger partial charge < -0.3 is 18.5 Å². The lowest BCUT2D eigenvalue weighted by molar-refractivity contribution is 0.0464. The molecule has 0 aliphatic heterocycles. The van der Waals surface area contributed by atoms with Gasteiger partial charge in [-0.3, -0.25) is 0 Å². The van der Waals surface area contributed by atoms with Gasteiger partial charge in [-0.2, -0.15) is 0 Å². The van der Waals surface area contributed by atoms with E-state index in [-0.39, 0.29) is 6.61 Å². The fourth-order valence-electron chi connectivity index (χ4n) is 2.26. The van der Waals surface area contributed by atoms with Crippen molar-refractivity contribution in [2.24, 2.45) is 0 Å². The van der Waals surface area contributed by atoms with E-state index in [0.717, 1.165) is 17.0 Å². The monoisotopic (exact) mass is 342 g/mol. The zero-order valence-corrected chi connectivity index (χ0v) is 14.2. The summed E-state index contributed by atoms with van der Waals surface area (Å²) in [6.07, 6.45) is 0. The van der Waals surface area contributed by atoms with E-state index in [9.17, 15) is 4.79 Å². The third kappa shape index (κ3) is 4.06. The van der Waals surface area contributed by atoms with Crippen LogP contribution in [0, 0.1) is 20.8 Å². The van der Waals surface area contributed by atoms with Crippen LogP contribution in [-0.4, -0.2) is 16.3 Å². The number of carbonyl (C=O) groups is 1. The highest BCUT2D eigenvalue weighted by atomic mass is 16.5. The quantitative estimate of drug-likeness (QED) is 0.633. The van der Waals surface area contributed by atoms with Crippen LogP contribution >= 0.6 is 0 Å². The molecule has 7 heteroatoms. The molecule has 0 aliphatic rings. The van der Waals surface area contributed by atoms with Crippen LogP contribution in [-0.2, 0) is 18.0 Å². The molecule has 0 bridgehead atoms. The summed E-state index contributed by atoms with van der Waals surface area (Å²) in [7, 11) is 0. The molecule has 0 aliphatic carbocycles. The molecule has 2 aromatic heterocycles. The highest BCUT2D eigenvalue weighted by Gasteiger charge is 2.11. The summed E-state index contributed by atoms with van der Waals surface area (Å²) in [6.45, 7) is 5.91. The second-order valence-corrected chi connectivity index (χ2v) is 5.62. The normalized spacial score (nSPS) is 10.7. The van der Waals surface area contributed by atoms with Gasteiger partial charge in [0.25, 0.3) is 0 Å². The molecule has 25 heavy (non-hydrogen) atoms. The Balaban J connectivity index is 1.55. The molecule has 0 saturated heterocycles. The summed E-state index contributed by atoms with van der Waals surface area (Å²) >= 11 is 0. The maximum atomic E-state index is 12.0. The summed E-state index contributed by atoms with van der Waals surface area (Å²) in [4.78, 5) is 12.0. The Bertz CT molecular complexity index is 844. The van der Waals surface area contributed by atoms with Crippen molar-refractivity contribution in [1.82, 2.24) is 10.3 Å². The number of aromatic nitrogens is 2. The predicted molar refractivity (Wildman–Crippen MR) is 87.1 cm³/mol. The minimum Gasteiger partial charge on any atom is -0.489 e. The summed E-state index contributed by atoms with van der Waals surface area (Å²) < 4.78 is 20.9. The third-order valence-corrected chi connectivity index (χ3v) is 3.68. The number of benzene rings is 1. The molecule has 0 spiro atoms. The number of hydrogen-bond acceptors (Lipinski definition) is 7. The maximum absolute atomic E-state index is 12.0. The molecule has 0 fully saturated rings. The summed E-state index contributed by atoms with van der Waals surface area (Å²) in [5.41, 5.74) is 2.74. The van der Waals surface area contributed by atoms with Crippen LogP contribution in [0.15, 0.2) is 39.4 Å². The van der Waals surface area contributed by atoms with Gasteiger partial charge in [-0.15, -0.1) is 0 Å². The molecule has 0 radical (unpaired) electrons. The maximum Gasteiger partial charge on any atom is 0.338 e. The molecule has 0 N–H and O–H groups in total. The molecule has 0 unspecified atom stereocenters. The van der Waals surface area contributed by atoms with Gasteiger partial charge in [-0.05, 0) is 45.0 Å². The number of rotatable bonds is 6. The molecule has 3 aromatic rings. The first kappa shape index (κ1) is 16.8. The van der Waals surface area contributed by atoms with E-state index < -0.39 is 5.97 Å². The van der Waals surface area contributed by atoms with Crippen molar-refractivity contribution < 1.29 is 23.3 Å². The van der Waals surface area contributed by atoms with Crippen LogP contribution < -0.4 is 4.74 Å². The van der Waals surface area contributed by atoms with Gasteiger partial charge in [0, 0.05) is 6.07 Å². The van der Waals surface area contributed by atoms with Crippen molar-refractivity contribution in [3.8, 4) is 5.75 Å². The molecule has 0 amide bonds. The van der Waals surface area contributed by atoms with Crippen LogP contribution in [0.3, 0.4) is 0 Å². The van der Waals surface area contributed by atoms with E-state index in [2.05, 4.69) is 10.3 Å². The van der Waals surface area contributed by atoms with Gasteiger partial charge in [-0.25, -0.2) is 4.79 Å². The van der Waals surface area contributed by atoms with E-state index >= 15 is 0 Å². The fraction of sp³-hybridized carbons (Fsp3) is 0.278. The standard InChI is InChI=1S/C18H18N2O5/c1-11-8-15(20-24-11)9-23-18(21)14-4-6-16(7-5-14)22-10-17-12(2)19-25-13(17)3/h4-8H,9-10H2,1-3H3. The SMILES string of the molecule is Cc1cc(COC(=O)c2ccc(OCc3c(C)noc3C)cc2)no1. The van der Waals surface area contributed by atoms with E-state index in [1.165, 1.54) is 0 Å². The van der Waals surface area contributed by atoms with Gasteiger partial charge in [0.15, 0.2) is 0 Å². The molecule has 0 saturated carbocycles. The molecule has 2 heterocycles. The topological polar surface area (TPSA) is 87.6 Å². The van der Waals surface area contributed by atoms with Crippen LogP contribution in [0.2, 0.25) is 0 Å². The average Bonchev–Trinajstić information content (AvgIpc) is 3.17. The first-order chi connectivity index (χ1) is 12.0. The van der Waals surface area contributed by atoms with Crippen molar-refractivity contribution in [2.75, 3.05) is 0 Å². The van der Waals surface area contributed by atoms with Gasteiger partial charge in [0.2, 0.25) is 0 Å². The van der Waals surface area contributed by atoms with Crippen LogP contribution in [0.5, 0.6) is 5.75 Å². The third-order valence-electron chi connectivity index (χ3n) is 3.68. The summed E-state index contributed by atoms with van der Waals surface area (Å²) in [5, 5.41) is 7.66. The van der Waals surface area contributed by atoms with Crippen molar-refractivity contribution in [3.05, 3.63) is 64.4 Å². The lowest BCUT2D eigenvalue weighted by Crippen LogP contribution is -2.05. The van der Waals surface area contributed by atoms with Gasteiger partial charge in [-0.1, -0.05) is 10.3 Å². The lowest BCUT2D eigenvalue weighted by atomic mass is 10.2. The molecule has 130 valence electrons. The summed E-state index contributed by atoms with van der Waals surface area (Å²) in [5.74, 6) is 1.62. The van der Waals surface area contributed by atoms with E-state index in [0.29, 0.717) is 29.4 Å². The van der Waals surface area contributed by atoms with Gasteiger partial charge in [0.1, 0.15) is 36.2 Å². The van der Waals surface area contributed by atoms with Crippen molar-refractivity contribution in [2.45, 2.75) is 34.0 Å². The largest absolute Gasteiger partial charge is 0.489 e. The predicted octanol–water partition coefficient (Wildman–Crippen LogP) is 3.52. The Kier molecular flexibility index (Phi) is 4.83. The highest BCUT2D eigenvalue weighted by molar-refractivity contribution is 5.89. The number of aryl methyl sites for hydroxylation is 3. The fourth-order valence-corrected chi connectivity index (χ4v) is 2.26. The Labute approximate surface area is 144 Å². The zero-order chi connectivity index (χ0) is 17.8. The molecule has 0 atom stereocenters. The zero-order valence-electron chi connectivity index (χ0n) is 14.2. The average molecular weight is 342 g/mol. The van der Waals surface area contributed by atoms with Gasteiger partial charge >= 0.3 is 5.97 Å². The minimum absolute atomic E-state index is 0.0699. The number of nitrogens with zero attached hydrogens (tertiary/aromatic N) is 2. The second kappa shape index (κ2) is 7.21. The van der Waals surface area contributed by atoms with Crippen molar-refractivity contribution in [3.63, 3.8) is 0 Å².